The van der Waals surface area contributed by atoms with Crippen LogP contribution in [0, 0.1) is 5.82 Å². The maximum Gasteiger partial charge on any atom is 0.417 e. The van der Waals surface area contributed by atoms with Crippen LogP contribution in [0.25, 0.3) is 0 Å². The van der Waals surface area contributed by atoms with Gasteiger partial charge in [-0.25, -0.2) is 22.7 Å². The molecule has 3 rings (SSSR count). The van der Waals surface area contributed by atoms with E-state index in [-0.39, 0.29) is 21.5 Å². The largest absolute Gasteiger partial charge is 0.417 e. The Morgan fingerprint density at radius 2 is 1.73 bits per heavy atom. The van der Waals surface area contributed by atoms with E-state index >= 15 is 0 Å². The molecule has 1 heterocycles. The van der Waals surface area contributed by atoms with Crippen LogP contribution in [0.2, 0.25) is 0 Å². The number of hydrogen-bond acceptors (Lipinski definition) is 6. The molecule has 0 amide bonds. The van der Waals surface area contributed by atoms with E-state index in [0.717, 1.165) is 17.5 Å². The van der Waals surface area contributed by atoms with Crippen LogP contribution in [-0.4, -0.2) is 18.5 Å². The Balaban J connectivity index is 2.02. The lowest BCUT2D eigenvalue weighted by Crippen LogP contribution is -2.14. The first-order chi connectivity index (χ1) is 13.9. The highest BCUT2D eigenvalue weighted by molar-refractivity contribution is 7.89. The second kappa shape index (κ2) is 7.66. The van der Waals surface area contributed by atoms with Gasteiger partial charge in [-0.05, 0) is 36.4 Å². The normalized spacial score (nSPS) is 12.6. The molecule has 30 heavy (non-hydrogen) atoms. The number of aromatic nitrogens is 1. The molecule has 0 aliphatic rings. The monoisotopic (exact) mass is 461 g/mol. The molecule has 158 valence electrons. The molecule has 1 unspecified atom stereocenters. The van der Waals surface area contributed by atoms with E-state index in [9.17, 15) is 30.8 Å². The molecule has 0 saturated carbocycles. The smallest absolute Gasteiger partial charge is 0.379 e. The molecule has 13 heteroatoms. The molecule has 3 aromatic rings. The number of nitrogens with zero attached hydrogens (tertiary/aromatic N) is 1. The molecule has 0 spiro atoms. The van der Waals surface area contributed by atoms with Gasteiger partial charge in [0, 0.05) is 5.69 Å². The Kier molecular flexibility index (Phi) is 5.54. The summed E-state index contributed by atoms with van der Waals surface area (Å²) in [4.78, 5) is 16.5. The fraction of sp³-hybridized carbons (Fsp3) is 0.0588. The average molecular weight is 461 g/mol. The van der Waals surface area contributed by atoms with Gasteiger partial charge in [0.15, 0.2) is 11.2 Å². The van der Waals surface area contributed by atoms with Crippen LogP contribution in [0.1, 0.15) is 15.9 Å². The second-order valence-electron chi connectivity index (χ2n) is 5.94. The van der Waals surface area contributed by atoms with Crippen LogP contribution in [0.15, 0.2) is 52.7 Å². The Bertz CT molecular complexity index is 1220. The molecule has 0 aliphatic heterocycles. The minimum atomic E-state index is -4.94. The third-order valence-electron chi connectivity index (χ3n) is 3.83. The summed E-state index contributed by atoms with van der Waals surface area (Å²) in [5.41, 5.74) is 3.35. The lowest BCUT2D eigenvalue weighted by atomic mass is 10.1. The zero-order valence-corrected chi connectivity index (χ0v) is 16.4. The summed E-state index contributed by atoms with van der Waals surface area (Å²) in [5.74, 6) is -1.46. The molecule has 2 aromatic carbocycles. The van der Waals surface area contributed by atoms with Gasteiger partial charge in [-0.15, -0.1) is 0 Å². The van der Waals surface area contributed by atoms with Gasteiger partial charge in [0.25, 0.3) is 0 Å². The van der Waals surface area contributed by atoms with Gasteiger partial charge in [0.1, 0.15) is 21.9 Å². The standard InChI is InChI=1S/C17H13F4N4O3S2/c18-12-3-1-2-11(17(19,20)21)14(12)15(26)29-8-13(22)25-16(29)24-9-4-6-10(7-5-9)30(23,27)28/h1-8H,22H2,(H,24,25)(H2,23,27,28)/q+1. The topological polar surface area (TPSA) is 128 Å². The summed E-state index contributed by atoms with van der Waals surface area (Å²) >= 11 is 0. The SMILES string of the molecule is Nc1c[s+](C(=O)c2c(F)cccc2C(F)(F)F)c(Nc2ccc(S(N)(=O)=O)cc2)n1. The Morgan fingerprint density at radius 3 is 2.30 bits per heavy atom. The van der Waals surface area contributed by atoms with Gasteiger partial charge in [-0.2, -0.15) is 18.2 Å². The van der Waals surface area contributed by atoms with Crippen molar-refractivity contribution in [3.8, 4) is 0 Å². The Labute approximate surface area is 170 Å². The van der Waals surface area contributed by atoms with Crippen molar-refractivity contribution in [1.29, 1.82) is 0 Å². The number of carbonyl (C=O) groups is 1. The lowest BCUT2D eigenvalue weighted by molar-refractivity contribution is -0.138. The number of hydrogen-bond donors (Lipinski definition) is 3. The quantitative estimate of drug-likeness (QED) is 0.393. The highest BCUT2D eigenvalue weighted by Gasteiger charge is 2.41. The van der Waals surface area contributed by atoms with Crippen molar-refractivity contribution in [1.82, 2.24) is 4.98 Å². The van der Waals surface area contributed by atoms with Gasteiger partial charge in [0.05, 0.1) is 10.5 Å². The van der Waals surface area contributed by atoms with E-state index in [4.69, 9.17) is 10.9 Å². The number of alkyl halides is 3. The van der Waals surface area contributed by atoms with E-state index in [0.29, 0.717) is 6.07 Å². The first kappa shape index (κ1) is 21.7. The van der Waals surface area contributed by atoms with E-state index in [2.05, 4.69) is 10.3 Å². The minimum absolute atomic E-state index is 0.114. The number of sulfonamides is 1. The molecule has 0 fully saturated rings. The molecule has 7 nitrogen and oxygen atoms in total. The summed E-state index contributed by atoms with van der Waals surface area (Å²) in [6.45, 7) is 0. The molecule has 0 saturated heterocycles. The number of nitrogens with one attached hydrogen (secondary N) is 1. The van der Waals surface area contributed by atoms with Gasteiger partial charge < -0.3 is 5.73 Å². The Hall–Kier alpha value is -3.03. The fourth-order valence-electron chi connectivity index (χ4n) is 2.52. The maximum atomic E-state index is 14.2. The molecule has 1 atom stereocenters. The number of nitrogen functional groups attached to an aromatic ring is 1. The molecular weight excluding hydrogens is 448 g/mol. The molecule has 0 aliphatic carbocycles. The van der Waals surface area contributed by atoms with Crippen LogP contribution in [0.4, 0.5) is 34.2 Å². The molecular formula is C17H13F4N4O3S2+. The van der Waals surface area contributed by atoms with E-state index in [1.54, 1.807) is 0 Å². The van der Waals surface area contributed by atoms with E-state index in [1.807, 2.05) is 0 Å². The van der Waals surface area contributed by atoms with Crippen LogP contribution in [0.3, 0.4) is 0 Å². The van der Waals surface area contributed by atoms with Crippen LogP contribution in [0.5, 0.6) is 0 Å². The highest BCUT2D eigenvalue weighted by atomic mass is 32.2. The number of thiazole rings is 1. The number of nitrogens with two attached hydrogens (primary N) is 2. The highest BCUT2D eigenvalue weighted by Crippen LogP contribution is 2.41. The van der Waals surface area contributed by atoms with Crippen molar-refractivity contribution in [2.24, 2.45) is 5.14 Å². The van der Waals surface area contributed by atoms with Crippen LogP contribution in [-0.2, 0) is 16.2 Å². The minimum Gasteiger partial charge on any atom is -0.379 e. The summed E-state index contributed by atoms with van der Waals surface area (Å²) in [5, 5.41) is 7.56. The van der Waals surface area contributed by atoms with Gasteiger partial charge >= 0.3 is 16.4 Å². The van der Waals surface area contributed by atoms with Crippen molar-refractivity contribution in [2.45, 2.75) is 11.1 Å². The molecule has 5 N–H and O–H groups in total. The molecule has 0 bridgehead atoms. The Morgan fingerprint density at radius 1 is 1.10 bits per heavy atom. The predicted molar refractivity (Wildman–Crippen MR) is 103 cm³/mol. The zero-order valence-electron chi connectivity index (χ0n) is 14.8. The first-order valence-corrected chi connectivity index (χ1v) is 10.8. The number of benzene rings is 2. The van der Waals surface area contributed by atoms with Crippen LogP contribution >= 0.6 is 10.5 Å². The molecule has 1 aromatic heterocycles. The van der Waals surface area contributed by atoms with Crippen LogP contribution < -0.4 is 16.2 Å². The number of halogens is 4. The number of carbonyl (C=O) groups excluding carboxylic acids is 1. The summed E-state index contributed by atoms with van der Waals surface area (Å²) in [6.07, 6.45) is -4.94. The van der Waals surface area contributed by atoms with E-state index in [1.165, 1.54) is 24.3 Å². The third kappa shape index (κ3) is 4.42. The van der Waals surface area contributed by atoms with Crippen molar-refractivity contribution < 1.29 is 30.8 Å². The van der Waals surface area contributed by atoms with Gasteiger partial charge in [-0.3, -0.25) is 5.32 Å². The maximum absolute atomic E-state index is 14.2. The summed E-state index contributed by atoms with van der Waals surface area (Å²) < 4.78 is 76.6. The zero-order chi connectivity index (χ0) is 22.3. The third-order valence-corrected chi connectivity index (χ3v) is 6.45. The fourth-order valence-corrected chi connectivity index (χ4v) is 4.59. The summed E-state index contributed by atoms with van der Waals surface area (Å²) in [7, 11) is -5.67. The van der Waals surface area contributed by atoms with Crippen molar-refractivity contribution in [2.75, 3.05) is 11.1 Å². The van der Waals surface area contributed by atoms with Gasteiger partial charge in [-0.1, -0.05) is 6.07 Å². The van der Waals surface area contributed by atoms with Gasteiger partial charge in [0.2, 0.25) is 10.0 Å². The number of primary sulfonamides is 1. The first-order valence-electron chi connectivity index (χ1n) is 7.97. The lowest BCUT2D eigenvalue weighted by Gasteiger charge is -2.10. The average Bonchev–Trinajstić information content (AvgIpc) is 3.00. The van der Waals surface area contributed by atoms with Crippen molar-refractivity contribution in [3.05, 3.63) is 64.8 Å². The number of anilines is 3. The van der Waals surface area contributed by atoms with Crippen molar-refractivity contribution >= 4 is 42.2 Å². The predicted octanol–water partition coefficient (Wildman–Crippen LogP) is 3.65. The number of rotatable bonds is 5. The van der Waals surface area contributed by atoms with E-state index < -0.39 is 48.7 Å². The second-order valence-corrected chi connectivity index (χ2v) is 9.17. The molecule has 0 radical (unpaired) electrons. The van der Waals surface area contributed by atoms with Crippen molar-refractivity contribution in [3.63, 3.8) is 0 Å². The summed E-state index contributed by atoms with van der Waals surface area (Å²) in [6, 6.07) is 7.21.